The predicted octanol–water partition coefficient (Wildman–Crippen LogP) is 3.25. The van der Waals surface area contributed by atoms with Crippen LogP contribution < -0.4 is 4.74 Å². The Labute approximate surface area is 120 Å². The summed E-state index contributed by atoms with van der Waals surface area (Å²) in [5, 5.41) is 0. The molecule has 1 spiro atoms. The lowest BCUT2D eigenvalue weighted by atomic mass is 9.89. The van der Waals surface area contributed by atoms with Gasteiger partial charge >= 0.3 is 0 Å². The predicted molar refractivity (Wildman–Crippen MR) is 77.8 cm³/mol. The van der Waals surface area contributed by atoms with Crippen LogP contribution in [-0.4, -0.2) is 29.8 Å². The molecule has 0 atom stereocenters. The Morgan fingerprint density at radius 1 is 1.20 bits per heavy atom. The van der Waals surface area contributed by atoms with Gasteiger partial charge in [-0.15, -0.1) is 0 Å². The van der Waals surface area contributed by atoms with Crippen molar-refractivity contribution in [2.24, 2.45) is 0 Å². The molecule has 3 aliphatic rings. The van der Waals surface area contributed by atoms with Crippen LogP contribution in [0, 0.1) is 6.92 Å². The van der Waals surface area contributed by atoms with E-state index in [2.05, 4.69) is 30.0 Å². The lowest BCUT2D eigenvalue weighted by Gasteiger charge is -2.47. The SMILES string of the molecule is Cc1ccc2c(c1)COC1(CCN(C3CCC3)CC1)O2. The van der Waals surface area contributed by atoms with Crippen molar-refractivity contribution in [3.8, 4) is 5.75 Å². The standard InChI is InChI=1S/C17H23NO2/c1-13-5-6-16-14(11-13)12-19-17(20-16)7-9-18(10-8-17)15-3-2-4-15/h5-6,11,15H,2-4,7-10,12H2,1H3. The molecule has 1 aromatic carbocycles. The number of benzene rings is 1. The smallest absolute Gasteiger partial charge is 0.213 e. The largest absolute Gasteiger partial charge is 0.462 e. The minimum absolute atomic E-state index is 0.359. The maximum Gasteiger partial charge on any atom is 0.213 e. The van der Waals surface area contributed by atoms with Crippen molar-refractivity contribution in [1.29, 1.82) is 0 Å². The highest BCUT2D eigenvalue weighted by Gasteiger charge is 2.42. The molecule has 2 aliphatic heterocycles. The lowest BCUT2D eigenvalue weighted by molar-refractivity contribution is -0.231. The molecule has 4 rings (SSSR count). The highest BCUT2D eigenvalue weighted by Crippen LogP contribution is 2.39. The molecule has 2 fully saturated rings. The van der Waals surface area contributed by atoms with Crippen molar-refractivity contribution in [2.75, 3.05) is 13.1 Å². The van der Waals surface area contributed by atoms with Gasteiger partial charge in [-0.05, 0) is 25.8 Å². The number of piperidine rings is 1. The van der Waals surface area contributed by atoms with Crippen LogP contribution >= 0.6 is 0 Å². The van der Waals surface area contributed by atoms with Crippen molar-refractivity contribution in [3.63, 3.8) is 0 Å². The van der Waals surface area contributed by atoms with Gasteiger partial charge in [-0.2, -0.15) is 0 Å². The molecule has 0 amide bonds. The van der Waals surface area contributed by atoms with E-state index in [-0.39, 0.29) is 5.79 Å². The highest BCUT2D eigenvalue weighted by molar-refractivity contribution is 5.37. The zero-order valence-corrected chi connectivity index (χ0v) is 12.2. The van der Waals surface area contributed by atoms with E-state index in [4.69, 9.17) is 9.47 Å². The molecular weight excluding hydrogens is 250 g/mol. The first kappa shape index (κ1) is 12.7. The molecule has 3 heteroatoms. The quantitative estimate of drug-likeness (QED) is 0.784. The number of nitrogens with zero attached hydrogens (tertiary/aromatic N) is 1. The Morgan fingerprint density at radius 2 is 2.00 bits per heavy atom. The molecule has 0 N–H and O–H groups in total. The molecule has 108 valence electrons. The van der Waals surface area contributed by atoms with Crippen molar-refractivity contribution < 1.29 is 9.47 Å². The van der Waals surface area contributed by atoms with Crippen LogP contribution in [0.4, 0.5) is 0 Å². The topological polar surface area (TPSA) is 21.7 Å². The molecule has 0 aromatic heterocycles. The number of ether oxygens (including phenoxy) is 2. The van der Waals surface area contributed by atoms with Gasteiger partial charge in [-0.1, -0.05) is 24.1 Å². The van der Waals surface area contributed by atoms with E-state index in [1.54, 1.807) is 0 Å². The number of rotatable bonds is 1. The van der Waals surface area contributed by atoms with Crippen LogP contribution in [0.15, 0.2) is 18.2 Å². The Hall–Kier alpha value is -1.06. The van der Waals surface area contributed by atoms with Gasteiger partial charge in [-0.25, -0.2) is 0 Å². The molecule has 1 aromatic rings. The number of hydrogen-bond acceptors (Lipinski definition) is 3. The summed E-state index contributed by atoms with van der Waals surface area (Å²) in [5.74, 6) is 0.668. The second kappa shape index (κ2) is 4.74. The second-order valence-corrected chi connectivity index (χ2v) is 6.53. The fourth-order valence-electron chi connectivity index (χ4n) is 3.59. The van der Waals surface area contributed by atoms with Crippen LogP contribution in [0.3, 0.4) is 0 Å². The fourth-order valence-corrected chi connectivity index (χ4v) is 3.59. The molecular formula is C17H23NO2. The third-order valence-corrected chi connectivity index (χ3v) is 5.15. The minimum Gasteiger partial charge on any atom is -0.462 e. The monoisotopic (exact) mass is 273 g/mol. The average molecular weight is 273 g/mol. The lowest BCUT2D eigenvalue weighted by Crippen LogP contribution is -2.54. The maximum absolute atomic E-state index is 6.25. The van der Waals surface area contributed by atoms with Crippen molar-refractivity contribution in [3.05, 3.63) is 29.3 Å². The Bertz CT molecular complexity index is 502. The van der Waals surface area contributed by atoms with E-state index in [1.165, 1.54) is 30.4 Å². The van der Waals surface area contributed by atoms with Gasteiger partial charge in [0.1, 0.15) is 5.75 Å². The van der Waals surface area contributed by atoms with Gasteiger partial charge in [0.25, 0.3) is 0 Å². The summed E-state index contributed by atoms with van der Waals surface area (Å²) in [6.07, 6.45) is 6.17. The molecule has 1 saturated heterocycles. The molecule has 1 saturated carbocycles. The fraction of sp³-hybridized carbons (Fsp3) is 0.647. The number of hydrogen-bond donors (Lipinski definition) is 0. The van der Waals surface area contributed by atoms with Crippen molar-refractivity contribution in [1.82, 2.24) is 4.90 Å². The molecule has 1 aliphatic carbocycles. The Morgan fingerprint density at radius 3 is 2.70 bits per heavy atom. The number of aryl methyl sites for hydroxylation is 1. The van der Waals surface area contributed by atoms with Gasteiger partial charge in [0.05, 0.1) is 6.61 Å². The van der Waals surface area contributed by atoms with E-state index in [9.17, 15) is 0 Å². The Kier molecular flexibility index (Phi) is 3.00. The third-order valence-electron chi connectivity index (χ3n) is 5.15. The summed E-state index contributed by atoms with van der Waals surface area (Å²) in [7, 11) is 0. The average Bonchev–Trinajstić information content (AvgIpc) is 2.40. The zero-order valence-electron chi connectivity index (χ0n) is 12.2. The summed E-state index contributed by atoms with van der Waals surface area (Å²) in [6, 6.07) is 7.24. The summed E-state index contributed by atoms with van der Waals surface area (Å²) >= 11 is 0. The van der Waals surface area contributed by atoms with Gasteiger partial charge in [0.15, 0.2) is 0 Å². The second-order valence-electron chi connectivity index (χ2n) is 6.53. The van der Waals surface area contributed by atoms with Gasteiger partial charge in [0, 0.05) is 37.5 Å². The van der Waals surface area contributed by atoms with E-state index in [1.807, 2.05) is 0 Å². The van der Waals surface area contributed by atoms with Crippen LogP contribution in [-0.2, 0) is 11.3 Å². The van der Waals surface area contributed by atoms with Crippen LogP contribution in [0.1, 0.15) is 43.2 Å². The van der Waals surface area contributed by atoms with Crippen molar-refractivity contribution >= 4 is 0 Å². The first-order chi connectivity index (χ1) is 9.74. The highest BCUT2D eigenvalue weighted by atomic mass is 16.7. The van der Waals surface area contributed by atoms with E-state index >= 15 is 0 Å². The maximum atomic E-state index is 6.25. The van der Waals surface area contributed by atoms with Gasteiger partial charge < -0.3 is 9.47 Å². The number of likely N-dealkylation sites (tertiary alicyclic amines) is 1. The normalized spacial score (nSPS) is 25.9. The molecule has 0 bridgehead atoms. The van der Waals surface area contributed by atoms with E-state index in [0.29, 0.717) is 6.61 Å². The molecule has 0 radical (unpaired) electrons. The Balaban J connectivity index is 1.46. The molecule has 0 unspecified atom stereocenters. The van der Waals surface area contributed by atoms with E-state index < -0.39 is 0 Å². The summed E-state index contributed by atoms with van der Waals surface area (Å²) in [6.45, 7) is 5.04. The zero-order chi connectivity index (χ0) is 13.6. The summed E-state index contributed by atoms with van der Waals surface area (Å²) in [4.78, 5) is 2.63. The summed E-state index contributed by atoms with van der Waals surface area (Å²) in [5.41, 5.74) is 2.46. The molecule has 20 heavy (non-hydrogen) atoms. The first-order valence-corrected chi connectivity index (χ1v) is 7.91. The van der Waals surface area contributed by atoms with Crippen LogP contribution in [0.2, 0.25) is 0 Å². The first-order valence-electron chi connectivity index (χ1n) is 7.91. The minimum atomic E-state index is -0.359. The van der Waals surface area contributed by atoms with Gasteiger partial charge in [0.2, 0.25) is 5.79 Å². The third kappa shape index (κ3) is 2.13. The van der Waals surface area contributed by atoms with Crippen molar-refractivity contribution in [2.45, 2.75) is 57.5 Å². The van der Waals surface area contributed by atoms with Crippen LogP contribution in [0.25, 0.3) is 0 Å². The van der Waals surface area contributed by atoms with E-state index in [0.717, 1.165) is 37.7 Å². The van der Waals surface area contributed by atoms with Gasteiger partial charge in [-0.3, -0.25) is 4.90 Å². The van der Waals surface area contributed by atoms with Crippen LogP contribution in [0.5, 0.6) is 5.75 Å². The molecule has 2 heterocycles. The molecule has 3 nitrogen and oxygen atoms in total. The summed E-state index contributed by atoms with van der Waals surface area (Å²) < 4.78 is 12.4. The number of fused-ring (bicyclic) bond motifs is 1.